The van der Waals surface area contributed by atoms with Crippen LogP contribution < -0.4 is 5.32 Å². The van der Waals surface area contributed by atoms with Crippen molar-refractivity contribution in [1.82, 2.24) is 0 Å². The van der Waals surface area contributed by atoms with Crippen molar-refractivity contribution in [3.8, 4) is 6.07 Å². The van der Waals surface area contributed by atoms with Crippen LogP contribution in [0.4, 0.5) is 5.69 Å². The summed E-state index contributed by atoms with van der Waals surface area (Å²) in [5.74, 6) is -0.146. The van der Waals surface area contributed by atoms with Gasteiger partial charge < -0.3 is 9.73 Å². The Balaban J connectivity index is 2.29. The van der Waals surface area contributed by atoms with Crippen LogP contribution in [0.2, 0.25) is 0 Å². The SMILES string of the molecule is Cc1cccc(NC(=O)c2ccco2)c1C#N. The number of nitrogens with one attached hydrogen (secondary N) is 1. The largest absolute Gasteiger partial charge is 0.459 e. The van der Waals surface area contributed by atoms with Crippen molar-refractivity contribution in [3.63, 3.8) is 0 Å². The summed E-state index contributed by atoms with van der Waals surface area (Å²) in [6, 6.07) is 10.6. The van der Waals surface area contributed by atoms with Crippen LogP contribution in [0.25, 0.3) is 0 Å². The van der Waals surface area contributed by atoms with Crippen molar-refractivity contribution in [2.75, 3.05) is 5.32 Å². The molecule has 0 radical (unpaired) electrons. The topological polar surface area (TPSA) is 66.0 Å². The van der Waals surface area contributed by atoms with Crippen molar-refractivity contribution in [2.24, 2.45) is 0 Å². The fourth-order valence-electron chi connectivity index (χ4n) is 1.51. The summed E-state index contributed by atoms with van der Waals surface area (Å²) in [6.45, 7) is 1.82. The van der Waals surface area contributed by atoms with Crippen LogP contribution in [0.15, 0.2) is 41.0 Å². The summed E-state index contributed by atoms with van der Waals surface area (Å²) in [7, 11) is 0. The van der Waals surface area contributed by atoms with E-state index < -0.39 is 0 Å². The second-order valence-corrected chi connectivity index (χ2v) is 3.54. The molecule has 0 atom stereocenters. The van der Waals surface area contributed by atoms with Gasteiger partial charge in [0.25, 0.3) is 5.91 Å². The Labute approximate surface area is 98.5 Å². The van der Waals surface area contributed by atoms with Gasteiger partial charge in [0.05, 0.1) is 17.5 Å². The van der Waals surface area contributed by atoms with E-state index in [2.05, 4.69) is 11.4 Å². The number of carbonyl (C=O) groups is 1. The number of benzene rings is 1. The molecule has 0 bridgehead atoms. The Morgan fingerprint density at radius 3 is 2.82 bits per heavy atom. The van der Waals surface area contributed by atoms with Crippen LogP contribution in [0.3, 0.4) is 0 Å². The van der Waals surface area contributed by atoms with Gasteiger partial charge in [0, 0.05) is 0 Å². The highest BCUT2D eigenvalue weighted by atomic mass is 16.3. The van der Waals surface area contributed by atoms with Crippen molar-refractivity contribution in [2.45, 2.75) is 6.92 Å². The van der Waals surface area contributed by atoms with Gasteiger partial charge in [-0.1, -0.05) is 12.1 Å². The lowest BCUT2D eigenvalue weighted by Crippen LogP contribution is -2.12. The lowest BCUT2D eigenvalue weighted by molar-refractivity contribution is 0.0996. The van der Waals surface area contributed by atoms with Gasteiger partial charge in [-0.25, -0.2) is 0 Å². The summed E-state index contributed by atoms with van der Waals surface area (Å²) < 4.78 is 4.98. The van der Waals surface area contributed by atoms with Gasteiger partial charge >= 0.3 is 0 Å². The molecule has 0 aliphatic rings. The van der Waals surface area contributed by atoms with Crippen molar-refractivity contribution < 1.29 is 9.21 Å². The van der Waals surface area contributed by atoms with Crippen LogP contribution in [0.1, 0.15) is 21.7 Å². The number of hydrogen-bond donors (Lipinski definition) is 1. The molecule has 0 saturated carbocycles. The second-order valence-electron chi connectivity index (χ2n) is 3.54. The summed E-state index contributed by atoms with van der Waals surface area (Å²) in [6.07, 6.45) is 1.43. The average molecular weight is 226 g/mol. The zero-order chi connectivity index (χ0) is 12.3. The number of anilines is 1. The number of rotatable bonds is 2. The molecule has 1 aromatic carbocycles. The van der Waals surface area contributed by atoms with Gasteiger partial charge in [-0.2, -0.15) is 5.26 Å². The molecule has 2 rings (SSSR count). The first-order valence-electron chi connectivity index (χ1n) is 5.07. The number of aryl methyl sites for hydroxylation is 1. The highest BCUT2D eigenvalue weighted by Crippen LogP contribution is 2.19. The molecule has 84 valence electrons. The van der Waals surface area contributed by atoms with E-state index in [0.29, 0.717) is 11.3 Å². The highest BCUT2D eigenvalue weighted by molar-refractivity contribution is 6.03. The molecule has 0 fully saturated rings. The van der Waals surface area contributed by atoms with Crippen molar-refractivity contribution in [1.29, 1.82) is 5.26 Å². The smallest absolute Gasteiger partial charge is 0.291 e. The monoisotopic (exact) mass is 226 g/mol. The van der Waals surface area contributed by atoms with Gasteiger partial charge in [-0.05, 0) is 30.7 Å². The third-order valence-electron chi connectivity index (χ3n) is 2.38. The van der Waals surface area contributed by atoms with Crippen LogP contribution in [-0.4, -0.2) is 5.91 Å². The predicted molar refractivity (Wildman–Crippen MR) is 62.6 cm³/mol. The zero-order valence-electron chi connectivity index (χ0n) is 9.23. The molecule has 1 N–H and O–H groups in total. The molecule has 0 unspecified atom stereocenters. The molecule has 1 amide bonds. The quantitative estimate of drug-likeness (QED) is 0.856. The number of nitriles is 1. The minimum Gasteiger partial charge on any atom is -0.459 e. The molecule has 0 spiro atoms. The van der Waals surface area contributed by atoms with E-state index >= 15 is 0 Å². The molecule has 4 heteroatoms. The second kappa shape index (κ2) is 4.54. The number of nitrogens with zero attached hydrogens (tertiary/aromatic N) is 1. The molecular weight excluding hydrogens is 216 g/mol. The standard InChI is InChI=1S/C13H10N2O2/c1-9-4-2-5-11(10(9)8-14)15-13(16)12-6-3-7-17-12/h2-7H,1H3,(H,15,16). The fourth-order valence-corrected chi connectivity index (χ4v) is 1.51. The summed E-state index contributed by atoms with van der Waals surface area (Å²) >= 11 is 0. The highest BCUT2D eigenvalue weighted by Gasteiger charge is 2.12. The maximum Gasteiger partial charge on any atom is 0.291 e. The third-order valence-corrected chi connectivity index (χ3v) is 2.38. The van der Waals surface area contributed by atoms with Crippen molar-refractivity contribution in [3.05, 3.63) is 53.5 Å². The van der Waals surface area contributed by atoms with Gasteiger partial charge in [-0.3, -0.25) is 4.79 Å². The Morgan fingerprint density at radius 1 is 1.35 bits per heavy atom. The van der Waals surface area contributed by atoms with E-state index in [-0.39, 0.29) is 11.7 Å². The first-order valence-corrected chi connectivity index (χ1v) is 5.07. The molecule has 0 aliphatic carbocycles. The average Bonchev–Trinajstić information content (AvgIpc) is 2.82. The number of carbonyl (C=O) groups excluding carboxylic acids is 1. The Morgan fingerprint density at radius 2 is 2.18 bits per heavy atom. The number of furan rings is 1. The molecule has 0 aliphatic heterocycles. The van der Waals surface area contributed by atoms with E-state index in [4.69, 9.17) is 9.68 Å². The predicted octanol–water partition coefficient (Wildman–Crippen LogP) is 2.71. The van der Waals surface area contributed by atoms with Gasteiger partial charge in [0.1, 0.15) is 6.07 Å². The Hall–Kier alpha value is -2.54. The van der Waals surface area contributed by atoms with E-state index in [0.717, 1.165) is 5.56 Å². The first kappa shape index (κ1) is 11.0. The van der Waals surface area contributed by atoms with Crippen LogP contribution in [-0.2, 0) is 0 Å². The summed E-state index contributed by atoms with van der Waals surface area (Å²) in [4.78, 5) is 11.7. The van der Waals surface area contributed by atoms with E-state index in [1.807, 2.05) is 13.0 Å². The van der Waals surface area contributed by atoms with E-state index in [9.17, 15) is 4.79 Å². The maximum atomic E-state index is 11.7. The van der Waals surface area contributed by atoms with Crippen LogP contribution in [0.5, 0.6) is 0 Å². The van der Waals surface area contributed by atoms with Gasteiger partial charge in [0.15, 0.2) is 5.76 Å². The number of hydrogen-bond acceptors (Lipinski definition) is 3. The molecule has 4 nitrogen and oxygen atoms in total. The third kappa shape index (κ3) is 2.18. The zero-order valence-corrected chi connectivity index (χ0v) is 9.23. The minimum absolute atomic E-state index is 0.218. The fraction of sp³-hybridized carbons (Fsp3) is 0.0769. The summed E-state index contributed by atoms with van der Waals surface area (Å²) in [5, 5.41) is 11.7. The Bertz CT molecular complexity index is 580. The number of amides is 1. The lowest BCUT2D eigenvalue weighted by Gasteiger charge is -2.06. The lowest BCUT2D eigenvalue weighted by atomic mass is 10.1. The normalized spacial score (nSPS) is 9.65. The molecule has 0 saturated heterocycles. The molecule has 17 heavy (non-hydrogen) atoms. The van der Waals surface area contributed by atoms with Crippen molar-refractivity contribution >= 4 is 11.6 Å². The molecule has 1 heterocycles. The molecule has 2 aromatic rings. The van der Waals surface area contributed by atoms with Crippen LogP contribution >= 0.6 is 0 Å². The Kier molecular flexibility index (Phi) is 2.93. The minimum atomic E-state index is -0.364. The molecule has 1 aromatic heterocycles. The molecular formula is C13H10N2O2. The maximum absolute atomic E-state index is 11.7. The van der Waals surface area contributed by atoms with Gasteiger partial charge in [-0.15, -0.1) is 0 Å². The van der Waals surface area contributed by atoms with Gasteiger partial charge in [0.2, 0.25) is 0 Å². The van der Waals surface area contributed by atoms with E-state index in [1.165, 1.54) is 6.26 Å². The first-order chi connectivity index (χ1) is 8.22. The summed E-state index contributed by atoms with van der Waals surface area (Å²) in [5.41, 5.74) is 1.78. The van der Waals surface area contributed by atoms with E-state index in [1.54, 1.807) is 24.3 Å². The van der Waals surface area contributed by atoms with Crippen LogP contribution in [0, 0.1) is 18.3 Å².